The van der Waals surface area contributed by atoms with Gasteiger partial charge in [0.25, 0.3) is 0 Å². The second-order valence-corrected chi connectivity index (χ2v) is 8.81. The number of ether oxygens (including phenoxy) is 1. The van der Waals surface area contributed by atoms with Gasteiger partial charge in [-0.15, -0.1) is 0 Å². The molecule has 2 aromatic carbocycles. The molecule has 0 spiro atoms. The Morgan fingerprint density at radius 2 is 1.65 bits per heavy atom. The maximum Gasteiger partial charge on any atom is 0.243 e. The van der Waals surface area contributed by atoms with E-state index in [1.807, 2.05) is 0 Å². The van der Waals surface area contributed by atoms with Crippen molar-refractivity contribution in [1.82, 2.24) is 9.21 Å². The minimum atomic E-state index is -3.44. The summed E-state index contributed by atoms with van der Waals surface area (Å²) in [5.41, 5.74) is 2.85. The van der Waals surface area contributed by atoms with Crippen molar-refractivity contribution in [1.29, 1.82) is 0 Å². The van der Waals surface area contributed by atoms with Gasteiger partial charge in [-0.25, -0.2) is 8.42 Å². The van der Waals surface area contributed by atoms with Gasteiger partial charge in [0.2, 0.25) is 10.0 Å². The first kappa shape index (κ1) is 17.5. The number of sulfonamides is 1. The molecule has 4 rings (SSSR count). The summed E-state index contributed by atoms with van der Waals surface area (Å²) in [7, 11) is -1.87. The van der Waals surface area contributed by atoms with Gasteiger partial charge in [0.15, 0.2) is 0 Å². The molecule has 0 saturated carbocycles. The van der Waals surface area contributed by atoms with Gasteiger partial charge in [-0.2, -0.15) is 4.31 Å². The highest BCUT2D eigenvalue weighted by atomic mass is 32.2. The summed E-state index contributed by atoms with van der Waals surface area (Å²) < 4.78 is 32.5. The highest BCUT2D eigenvalue weighted by molar-refractivity contribution is 7.89. The molecule has 1 fully saturated rings. The van der Waals surface area contributed by atoms with Gasteiger partial charge in [0.05, 0.1) is 12.0 Å². The molecule has 1 aliphatic carbocycles. The van der Waals surface area contributed by atoms with Gasteiger partial charge in [0.1, 0.15) is 5.75 Å². The van der Waals surface area contributed by atoms with Crippen LogP contribution in [0.5, 0.6) is 5.75 Å². The van der Waals surface area contributed by atoms with E-state index in [2.05, 4.69) is 29.2 Å². The highest BCUT2D eigenvalue weighted by Crippen LogP contribution is 2.36. The zero-order valence-corrected chi connectivity index (χ0v) is 15.8. The van der Waals surface area contributed by atoms with E-state index >= 15 is 0 Å². The molecule has 1 unspecified atom stereocenters. The van der Waals surface area contributed by atoms with E-state index in [0.29, 0.717) is 29.8 Å². The van der Waals surface area contributed by atoms with Crippen LogP contribution in [-0.2, 0) is 16.4 Å². The number of hydrogen-bond acceptors (Lipinski definition) is 4. The average Bonchev–Trinajstić information content (AvgIpc) is 3.12. The molecule has 0 N–H and O–H groups in total. The van der Waals surface area contributed by atoms with Crippen molar-refractivity contribution in [2.45, 2.75) is 23.8 Å². The first-order valence-corrected chi connectivity index (χ1v) is 10.5. The van der Waals surface area contributed by atoms with Crippen LogP contribution < -0.4 is 4.74 Å². The monoisotopic (exact) mass is 372 g/mol. The lowest BCUT2D eigenvalue weighted by Gasteiger charge is -2.37. The van der Waals surface area contributed by atoms with E-state index in [9.17, 15) is 8.42 Å². The number of fused-ring (bicyclic) bond motifs is 1. The normalized spacial score (nSPS) is 21.5. The van der Waals surface area contributed by atoms with Gasteiger partial charge in [-0.1, -0.05) is 24.3 Å². The molecule has 138 valence electrons. The van der Waals surface area contributed by atoms with Crippen LogP contribution in [0.2, 0.25) is 0 Å². The Balaban J connectivity index is 1.45. The largest absolute Gasteiger partial charge is 0.497 e. The van der Waals surface area contributed by atoms with Crippen LogP contribution in [0.3, 0.4) is 0 Å². The van der Waals surface area contributed by atoms with Crippen LogP contribution in [-0.4, -0.2) is 50.9 Å². The average molecular weight is 372 g/mol. The second-order valence-electron chi connectivity index (χ2n) is 6.87. The molecular formula is C20H24N2O3S. The number of hydrogen-bond donors (Lipinski definition) is 0. The summed E-state index contributed by atoms with van der Waals surface area (Å²) >= 11 is 0. The van der Waals surface area contributed by atoms with E-state index in [-0.39, 0.29) is 0 Å². The lowest BCUT2D eigenvalue weighted by Crippen LogP contribution is -2.49. The Hall–Kier alpha value is -1.89. The minimum Gasteiger partial charge on any atom is -0.497 e. The molecule has 0 amide bonds. The summed E-state index contributed by atoms with van der Waals surface area (Å²) in [6.45, 7) is 2.61. The van der Waals surface area contributed by atoms with Crippen molar-refractivity contribution >= 4 is 10.0 Å². The molecule has 0 bridgehead atoms. The number of methoxy groups -OCH3 is 1. The third kappa shape index (κ3) is 3.13. The van der Waals surface area contributed by atoms with Crippen molar-refractivity contribution in [3.05, 3.63) is 59.7 Å². The molecule has 2 aromatic rings. The van der Waals surface area contributed by atoms with E-state index in [1.165, 1.54) is 11.1 Å². The maximum atomic E-state index is 12.9. The molecule has 0 radical (unpaired) electrons. The van der Waals surface area contributed by atoms with Gasteiger partial charge in [0, 0.05) is 32.2 Å². The fourth-order valence-corrected chi connectivity index (χ4v) is 5.49. The molecule has 5 nitrogen and oxygen atoms in total. The van der Waals surface area contributed by atoms with Crippen LogP contribution >= 0.6 is 0 Å². The first-order valence-electron chi connectivity index (χ1n) is 9.05. The molecule has 1 aliphatic heterocycles. The molecule has 26 heavy (non-hydrogen) atoms. The van der Waals surface area contributed by atoms with Crippen LogP contribution in [0.15, 0.2) is 53.4 Å². The third-order valence-electron chi connectivity index (χ3n) is 5.51. The van der Waals surface area contributed by atoms with Gasteiger partial charge in [-0.3, -0.25) is 4.90 Å². The smallest absolute Gasteiger partial charge is 0.243 e. The molecule has 6 heteroatoms. The van der Waals surface area contributed by atoms with Crippen molar-refractivity contribution < 1.29 is 13.2 Å². The number of rotatable bonds is 4. The minimum absolute atomic E-state index is 0.331. The predicted molar refractivity (Wildman–Crippen MR) is 101 cm³/mol. The Labute approximate surface area is 155 Å². The molecule has 1 atom stereocenters. The summed E-state index contributed by atoms with van der Waals surface area (Å²) in [6.07, 6.45) is 2.25. The van der Waals surface area contributed by atoms with E-state index in [1.54, 1.807) is 35.7 Å². The molecule has 1 saturated heterocycles. The van der Waals surface area contributed by atoms with Gasteiger partial charge in [-0.05, 0) is 48.2 Å². The number of benzene rings is 2. The SMILES string of the molecule is COc1ccc(S(=O)(=O)N2CCN(C3CCc4ccccc43)CC2)cc1. The zero-order chi connectivity index (χ0) is 18.1. The van der Waals surface area contributed by atoms with Crippen molar-refractivity contribution in [2.75, 3.05) is 33.3 Å². The van der Waals surface area contributed by atoms with Crippen molar-refractivity contribution in [3.63, 3.8) is 0 Å². The standard InChI is InChI=1S/C20H24N2O3S/c1-25-17-7-9-18(10-8-17)26(23,24)22-14-12-21(13-15-22)20-11-6-16-4-2-3-5-19(16)20/h2-5,7-10,20H,6,11-15H2,1H3. The number of nitrogens with zero attached hydrogens (tertiary/aromatic N) is 2. The van der Waals surface area contributed by atoms with Crippen molar-refractivity contribution in [2.24, 2.45) is 0 Å². The zero-order valence-electron chi connectivity index (χ0n) is 15.0. The lowest BCUT2D eigenvalue weighted by atomic mass is 10.1. The Kier molecular flexibility index (Phi) is 4.73. The summed E-state index contributed by atoms with van der Waals surface area (Å²) in [6, 6.07) is 15.7. The first-order chi connectivity index (χ1) is 12.6. The van der Waals surface area contributed by atoms with E-state index in [4.69, 9.17) is 4.74 Å². The Morgan fingerprint density at radius 3 is 2.35 bits per heavy atom. The van der Waals surface area contributed by atoms with Crippen LogP contribution in [0.1, 0.15) is 23.6 Å². The fourth-order valence-electron chi connectivity index (χ4n) is 4.07. The molecule has 1 heterocycles. The van der Waals surface area contributed by atoms with Crippen LogP contribution in [0.25, 0.3) is 0 Å². The molecule has 0 aromatic heterocycles. The number of aryl methyl sites for hydroxylation is 1. The lowest BCUT2D eigenvalue weighted by molar-refractivity contribution is 0.137. The number of piperazine rings is 1. The fraction of sp³-hybridized carbons (Fsp3) is 0.400. The topological polar surface area (TPSA) is 49.9 Å². The predicted octanol–water partition coefficient (Wildman–Crippen LogP) is 2.69. The second kappa shape index (κ2) is 7.02. The van der Waals surface area contributed by atoms with Crippen LogP contribution in [0.4, 0.5) is 0 Å². The molecule has 2 aliphatic rings. The van der Waals surface area contributed by atoms with Crippen LogP contribution in [0, 0.1) is 0 Å². The quantitative estimate of drug-likeness (QED) is 0.828. The highest BCUT2D eigenvalue weighted by Gasteiger charge is 2.33. The van der Waals surface area contributed by atoms with Gasteiger partial charge >= 0.3 is 0 Å². The summed E-state index contributed by atoms with van der Waals surface area (Å²) in [5.74, 6) is 0.661. The van der Waals surface area contributed by atoms with Crippen molar-refractivity contribution in [3.8, 4) is 5.75 Å². The summed E-state index contributed by atoms with van der Waals surface area (Å²) in [5, 5.41) is 0. The summed E-state index contributed by atoms with van der Waals surface area (Å²) in [4.78, 5) is 2.77. The van der Waals surface area contributed by atoms with Gasteiger partial charge < -0.3 is 4.74 Å². The Bertz CT molecular complexity index is 872. The third-order valence-corrected chi connectivity index (χ3v) is 7.43. The maximum absolute atomic E-state index is 12.9. The van der Waals surface area contributed by atoms with E-state index in [0.717, 1.165) is 25.9 Å². The van der Waals surface area contributed by atoms with E-state index < -0.39 is 10.0 Å². The molecular weight excluding hydrogens is 348 g/mol. The Morgan fingerprint density at radius 1 is 0.962 bits per heavy atom.